The number of nitro groups is 1. The standard InChI is InChI=1S/C14H11ClN2O3/c15-9-11-3-1-2-4-13(11)16-14(18)10-5-7-12(8-6-10)17(19)20/h1-8H,9H2,(H,16,18). The maximum Gasteiger partial charge on any atom is 0.269 e. The van der Waals surface area contributed by atoms with Crippen LogP contribution < -0.4 is 5.32 Å². The van der Waals surface area contributed by atoms with E-state index in [-0.39, 0.29) is 17.5 Å². The van der Waals surface area contributed by atoms with Crippen LogP contribution in [0.1, 0.15) is 15.9 Å². The first-order valence-corrected chi connectivity index (χ1v) is 6.35. The number of halogens is 1. The first-order chi connectivity index (χ1) is 9.61. The van der Waals surface area contributed by atoms with Gasteiger partial charge in [0.2, 0.25) is 0 Å². The summed E-state index contributed by atoms with van der Waals surface area (Å²) in [5.41, 5.74) is 1.73. The largest absolute Gasteiger partial charge is 0.322 e. The minimum Gasteiger partial charge on any atom is -0.322 e. The molecule has 2 aromatic carbocycles. The maximum atomic E-state index is 12.0. The molecule has 1 N–H and O–H groups in total. The molecule has 0 aromatic heterocycles. The molecule has 0 spiro atoms. The fourth-order valence-electron chi connectivity index (χ4n) is 1.69. The number of amides is 1. The number of hydrogen-bond donors (Lipinski definition) is 1. The zero-order valence-corrected chi connectivity index (χ0v) is 11.1. The molecule has 102 valence electrons. The van der Waals surface area contributed by atoms with E-state index >= 15 is 0 Å². The number of non-ortho nitro benzene ring substituents is 1. The average molecular weight is 291 g/mol. The number of nitrogens with zero attached hydrogens (tertiary/aromatic N) is 1. The van der Waals surface area contributed by atoms with Crippen LogP contribution in [0, 0.1) is 10.1 Å². The van der Waals surface area contributed by atoms with Crippen molar-refractivity contribution in [1.82, 2.24) is 0 Å². The number of benzene rings is 2. The molecule has 1 amide bonds. The molecule has 5 nitrogen and oxygen atoms in total. The Balaban J connectivity index is 2.17. The molecule has 0 aliphatic heterocycles. The highest BCUT2D eigenvalue weighted by Gasteiger charge is 2.11. The van der Waals surface area contributed by atoms with E-state index < -0.39 is 4.92 Å². The number of hydrogen-bond acceptors (Lipinski definition) is 3. The molecule has 20 heavy (non-hydrogen) atoms. The van der Waals surface area contributed by atoms with E-state index in [1.54, 1.807) is 12.1 Å². The first-order valence-electron chi connectivity index (χ1n) is 5.81. The lowest BCUT2D eigenvalue weighted by atomic mass is 10.1. The van der Waals surface area contributed by atoms with Crippen LogP contribution in [0.25, 0.3) is 0 Å². The Kier molecular flexibility index (Phi) is 4.32. The number of rotatable bonds is 4. The third-order valence-corrected chi connectivity index (χ3v) is 3.04. The van der Waals surface area contributed by atoms with E-state index in [4.69, 9.17) is 11.6 Å². The van der Waals surface area contributed by atoms with Crippen LogP contribution >= 0.6 is 11.6 Å². The molecule has 0 bridgehead atoms. The van der Waals surface area contributed by atoms with Gasteiger partial charge in [-0.15, -0.1) is 11.6 Å². The molecule has 6 heteroatoms. The summed E-state index contributed by atoms with van der Waals surface area (Å²) in [4.78, 5) is 22.1. The van der Waals surface area contributed by atoms with Gasteiger partial charge in [-0.2, -0.15) is 0 Å². The van der Waals surface area contributed by atoms with E-state index in [2.05, 4.69) is 5.32 Å². The number of carbonyl (C=O) groups is 1. The average Bonchev–Trinajstić information content (AvgIpc) is 2.48. The van der Waals surface area contributed by atoms with Gasteiger partial charge in [0.05, 0.1) is 4.92 Å². The van der Waals surface area contributed by atoms with Gasteiger partial charge in [-0.05, 0) is 23.8 Å². The lowest BCUT2D eigenvalue weighted by Crippen LogP contribution is -2.13. The molecule has 0 atom stereocenters. The van der Waals surface area contributed by atoms with Gasteiger partial charge in [0.15, 0.2) is 0 Å². The van der Waals surface area contributed by atoms with Gasteiger partial charge in [-0.1, -0.05) is 18.2 Å². The van der Waals surface area contributed by atoms with Gasteiger partial charge in [-0.3, -0.25) is 14.9 Å². The Labute approximate surface area is 120 Å². The summed E-state index contributed by atoms with van der Waals surface area (Å²) >= 11 is 5.79. The van der Waals surface area contributed by atoms with Crippen LogP contribution in [0.4, 0.5) is 11.4 Å². The third kappa shape index (κ3) is 3.13. The minimum absolute atomic E-state index is 0.0530. The van der Waals surface area contributed by atoms with E-state index in [0.717, 1.165) is 5.56 Å². The number of nitro benzene ring substituents is 1. The number of alkyl halides is 1. The zero-order valence-electron chi connectivity index (χ0n) is 10.4. The molecule has 0 heterocycles. The topological polar surface area (TPSA) is 72.2 Å². The van der Waals surface area contributed by atoms with Gasteiger partial charge in [-0.25, -0.2) is 0 Å². The Hall–Kier alpha value is -2.40. The van der Waals surface area contributed by atoms with E-state index in [0.29, 0.717) is 11.3 Å². The molecule has 0 saturated carbocycles. The molecule has 0 saturated heterocycles. The fraction of sp³-hybridized carbons (Fsp3) is 0.0714. The Morgan fingerprint density at radius 2 is 1.80 bits per heavy atom. The Bertz CT molecular complexity index is 641. The van der Waals surface area contributed by atoms with Crippen molar-refractivity contribution in [3.8, 4) is 0 Å². The summed E-state index contributed by atoms with van der Waals surface area (Å²) in [7, 11) is 0. The van der Waals surface area contributed by atoms with Crippen LogP contribution in [0.3, 0.4) is 0 Å². The monoisotopic (exact) mass is 290 g/mol. The van der Waals surface area contributed by atoms with Crippen molar-refractivity contribution < 1.29 is 9.72 Å². The molecule has 0 fully saturated rings. The maximum absolute atomic E-state index is 12.0. The SMILES string of the molecule is O=C(Nc1ccccc1CCl)c1ccc([N+](=O)[O-])cc1. The second kappa shape index (κ2) is 6.16. The highest BCUT2D eigenvalue weighted by molar-refractivity contribution is 6.17. The summed E-state index contributed by atoms with van der Waals surface area (Å²) in [6, 6.07) is 12.6. The lowest BCUT2D eigenvalue weighted by Gasteiger charge is -2.08. The van der Waals surface area contributed by atoms with Crippen LogP contribution in [-0.4, -0.2) is 10.8 Å². The summed E-state index contributed by atoms with van der Waals surface area (Å²) in [5.74, 6) is -0.0473. The summed E-state index contributed by atoms with van der Waals surface area (Å²) < 4.78 is 0. The van der Waals surface area contributed by atoms with E-state index in [9.17, 15) is 14.9 Å². The zero-order chi connectivity index (χ0) is 14.5. The van der Waals surface area contributed by atoms with Crippen LogP contribution in [0.15, 0.2) is 48.5 Å². The van der Waals surface area contributed by atoms with Crippen LogP contribution in [0.2, 0.25) is 0 Å². The molecule has 0 radical (unpaired) electrons. The second-order valence-electron chi connectivity index (χ2n) is 4.05. The first kappa shape index (κ1) is 14.0. The highest BCUT2D eigenvalue weighted by Crippen LogP contribution is 2.19. The minimum atomic E-state index is -0.509. The number of carbonyl (C=O) groups excluding carboxylic acids is 1. The third-order valence-electron chi connectivity index (χ3n) is 2.75. The fourth-order valence-corrected chi connectivity index (χ4v) is 1.92. The van der Waals surface area contributed by atoms with Crippen molar-refractivity contribution in [3.63, 3.8) is 0 Å². The summed E-state index contributed by atoms with van der Waals surface area (Å²) in [6.45, 7) is 0. The van der Waals surface area contributed by atoms with Gasteiger partial charge >= 0.3 is 0 Å². The summed E-state index contributed by atoms with van der Waals surface area (Å²) in [6.07, 6.45) is 0. The summed E-state index contributed by atoms with van der Waals surface area (Å²) in [5, 5.41) is 13.3. The molecule has 0 unspecified atom stereocenters. The van der Waals surface area contributed by atoms with Gasteiger partial charge in [0.25, 0.3) is 11.6 Å². The van der Waals surface area contributed by atoms with Crippen molar-refractivity contribution in [2.45, 2.75) is 5.88 Å². The Morgan fingerprint density at radius 1 is 1.15 bits per heavy atom. The van der Waals surface area contributed by atoms with E-state index in [1.807, 2.05) is 12.1 Å². The van der Waals surface area contributed by atoms with Gasteiger partial charge < -0.3 is 5.32 Å². The van der Waals surface area contributed by atoms with Crippen molar-refractivity contribution in [3.05, 3.63) is 69.8 Å². The van der Waals surface area contributed by atoms with Crippen molar-refractivity contribution in [2.24, 2.45) is 0 Å². The predicted molar refractivity (Wildman–Crippen MR) is 77.0 cm³/mol. The predicted octanol–water partition coefficient (Wildman–Crippen LogP) is 3.59. The smallest absolute Gasteiger partial charge is 0.269 e. The van der Waals surface area contributed by atoms with Crippen molar-refractivity contribution in [2.75, 3.05) is 5.32 Å². The number of anilines is 1. The normalized spacial score (nSPS) is 10.1. The van der Waals surface area contributed by atoms with E-state index in [1.165, 1.54) is 24.3 Å². The van der Waals surface area contributed by atoms with Crippen molar-refractivity contribution >= 4 is 28.9 Å². The number of para-hydroxylation sites is 1. The molecule has 2 rings (SSSR count). The molecular weight excluding hydrogens is 280 g/mol. The molecule has 2 aromatic rings. The molecule has 0 aliphatic carbocycles. The molecular formula is C14H11ClN2O3. The Morgan fingerprint density at radius 3 is 2.40 bits per heavy atom. The van der Waals surface area contributed by atoms with Gasteiger partial charge in [0.1, 0.15) is 0 Å². The molecule has 0 aliphatic rings. The van der Waals surface area contributed by atoms with Gasteiger partial charge in [0, 0.05) is 29.3 Å². The number of nitrogens with one attached hydrogen (secondary N) is 1. The quantitative estimate of drug-likeness (QED) is 0.531. The lowest BCUT2D eigenvalue weighted by molar-refractivity contribution is -0.384. The highest BCUT2D eigenvalue weighted by atomic mass is 35.5. The van der Waals surface area contributed by atoms with Crippen LogP contribution in [0.5, 0.6) is 0 Å². The van der Waals surface area contributed by atoms with Crippen LogP contribution in [-0.2, 0) is 5.88 Å². The second-order valence-corrected chi connectivity index (χ2v) is 4.32. The van der Waals surface area contributed by atoms with Crippen molar-refractivity contribution in [1.29, 1.82) is 0 Å².